The minimum absolute atomic E-state index is 0.0560. The van der Waals surface area contributed by atoms with E-state index in [0.717, 1.165) is 42.1 Å². The first kappa shape index (κ1) is 20.0. The Kier molecular flexibility index (Phi) is 5.96. The van der Waals surface area contributed by atoms with Crippen molar-refractivity contribution in [1.82, 2.24) is 15.8 Å². The molecule has 0 aliphatic carbocycles. The van der Waals surface area contributed by atoms with Gasteiger partial charge in [-0.25, -0.2) is 5.43 Å². The monoisotopic (exact) mass is 401 g/mol. The molecule has 3 aliphatic heterocycles. The highest BCUT2D eigenvalue weighted by molar-refractivity contribution is 5.84. The van der Waals surface area contributed by atoms with E-state index in [2.05, 4.69) is 30.7 Å². The van der Waals surface area contributed by atoms with Crippen LogP contribution in [0.2, 0.25) is 0 Å². The third-order valence-electron chi connectivity index (χ3n) is 5.66. The summed E-state index contributed by atoms with van der Waals surface area (Å²) < 4.78 is 17.4. The van der Waals surface area contributed by atoms with Gasteiger partial charge in [0.2, 0.25) is 11.8 Å². The topological polar surface area (TPSA) is 72.1 Å². The Morgan fingerprint density at radius 2 is 2.28 bits per heavy atom. The van der Waals surface area contributed by atoms with Gasteiger partial charge in [0.25, 0.3) is 0 Å². The van der Waals surface area contributed by atoms with E-state index in [-0.39, 0.29) is 18.1 Å². The molecular formula is C22H31N3O4. The van der Waals surface area contributed by atoms with Crippen LogP contribution >= 0.6 is 0 Å². The van der Waals surface area contributed by atoms with Gasteiger partial charge in [-0.3, -0.25) is 9.80 Å². The molecular weight excluding hydrogens is 370 g/mol. The maximum Gasteiger partial charge on any atom is 0.243 e. The van der Waals surface area contributed by atoms with Crippen molar-refractivity contribution >= 4 is 5.91 Å². The average Bonchev–Trinajstić information content (AvgIpc) is 3.15. The van der Waals surface area contributed by atoms with E-state index in [9.17, 15) is 4.79 Å². The summed E-state index contributed by atoms with van der Waals surface area (Å²) in [5.74, 6) is 2.06. The molecule has 158 valence electrons. The summed E-state index contributed by atoms with van der Waals surface area (Å²) in [7, 11) is 0. The number of carbonyl (C=O) groups excluding carboxylic acids is 1. The minimum Gasteiger partial charge on any atom is -0.491 e. The Labute approximate surface area is 172 Å². The number of benzene rings is 1. The second-order valence-electron chi connectivity index (χ2n) is 8.25. The molecule has 0 aromatic heterocycles. The summed E-state index contributed by atoms with van der Waals surface area (Å²) in [4.78, 5) is 12.8. The summed E-state index contributed by atoms with van der Waals surface area (Å²) in [5.41, 5.74) is 5.47. The normalized spacial score (nSPS) is 25.6. The van der Waals surface area contributed by atoms with Crippen molar-refractivity contribution in [2.45, 2.75) is 58.4 Å². The maximum atomic E-state index is 12.8. The Morgan fingerprint density at radius 1 is 1.41 bits per heavy atom. The number of hydrogen-bond acceptors (Lipinski definition) is 6. The summed E-state index contributed by atoms with van der Waals surface area (Å²) in [5, 5.41) is 5.06. The van der Waals surface area contributed by atoms with E-state index in [1.807, 2.05) is 30.1 Å². The molecule has 3 aliphatic rings. The first-order chi connectivity index (χ1) is 14.0. The fraction of sp³-hybridized carbons (Fsp3) is 0.591. The van der Waals surface area contributed by atoms with Crippen molar-refractivity contribution in [2.75, 3.05) is 19.8 Å². The van der Waals surface area contributed by atoms with Crippen LogP contribution in [0.1, 0.15) is 38.3 Å². The Hall–Kier alpha value is -2.25. The molecule has 29 heavy (non-hydrogen) atoms. The van der Waals surface area contributed by atoms with Crippen LogP contribution in [0.15, 0.2) is 30.2 Å². The maximum absolute atomic E-state index is 12.8. The van der Waals surface area contributed by atoms with Crippen LogP contribution in [0, 0.1) is 5.92 Å². The van der Waals surface area contributed by atoms with Crippen LogP contribution in [0.25, 0.3) is 0 Å². The minimum atomic E-state index is -0.415. The first-order valence-electron chi connectivity index (χ1n) is 10.6. The Balaban J connectivity index is 1.35. The lowest BCUT2D eigenvalue weighted by Crippen LogP contribution is -2.52. The Bertz CT molecular complexity index is 779. The first-order valence-corrected chi connectivity index (χ1v) is 10.6. The molecule has 0 saturated carbocycles. The van der Waals surface area contributed by atoms with E-state index in [0.29, 0.717) is 25.7 Å². The Morgan fingerprint density at radius 3 is 3.07 bits per heavy atom. The van der Waals surface area contributed by atoms with Crippen LogP contribution in [0.4, 0.5) is 0 Å². The lowest BCUT2D eigenvalue weighted by molar-refractivity contribution is -0.124. The highest BCUT2D eigenvalue weighted by Crippen LogP contribution is 2.28. The second kappa shape index (κ2) is 8.63. The highest BCUT2D eigenvalue weighted by Gasteiger charge is 2.35. The van der Waals surface area contributed by atoms with Crippen molar-refractivity contribution in [1.29, 1.82) is 0 Å². The van der Waals surface area contributed by atoms with Gasteiger partial charge in [0.1, 0.15) is 24.5 Å². The number of ether oxygens (including phenoxy) is 3. The zero-order valence-corrected chi connectivity index (χ0v) is 17.4. The summed E-state index contributed by atoms with van der Waals surface area (Å²) >= 11 is 0. The molecule has 7 heteroatoms. The molecule has 1 amide bonds. The lowest BCUT2D eigenvalue weighted by Gasteiger charge is -2.34. The zero-order chi connectivity index (χ0) is 20.4. The fourth-order valence-electron chi connectivity index (χ4n) is 3.99. The fourth-order valence-corrected chi connectivity index (χ4v) is 3.99. The zero-order valence-electron chi connectivity index (χ0n) is 17.4. The molecule has 2 N–H and O–H groups in total. The number of hydrazine groups is 1. The summed E-state index contributed by atoms with van der Waals surface area (Å²) in [6, 6.07) is 5.66. The summed E-state index contributed by atoms with van der Waals surface area (Å²) in [6.07, 6.45) is 3.78. The van der Waals surface area contributed by atoms with Crippen LogP contribution in [-0.4, -0.2) is 48.9 Å². The van der Waals surface area contributed by atoms with Gasteiger partial charge in [-0.1, -0.05) is 19.9 Å². The van der Waals surface area contributed by atoms with Crippen molar-refractivity contribution in [3.8, 4) is 5.75 Å². The van der Waals surface area contributed by atoms with Gasteiger partial charge in [0.15, 0.2) is 0 Å². The summed E-state index contributed by atoms with van der Waals surface area (Å²) in [6.45, 7) is 8.91. The van der Waals surface area contributed by atoms with Gasteiger partial charge >= 0.3 is 0 Å². The smallest absolute Gasteiger partial charge is 0.243 e. The third-order valence-corrected chi connectivity index (χ3v) is 5.66. The van der Waals surface area contributed by atoms with Gasteiger partial charge in [-0.05, 0) is 42.5 Å². The number of hydrogen-bond donors (Lipinski definition) is 2. The largest absolute Gasteiger partial charge is 0.491 e. The van der Waals surface area contributed by atoms with Crippen molar-refractivity contribution in [3.63, 3.8) is 0 Å². The van der Waals surface area contributed by atoms with Gasteiger partial charge in [0.05, 0.1) is 12.6 Å². The second-order valence-corrected chi connectivity index (χ2v) is 8.25. The van der Waals surface area contributed by atoms with Gasteiger partial charge in [-0.2, -0.15) is 0 Å². The van der Waals surface area contributed by atoms with E-state index in [1.165, 1.54) is 0 Å². The van der Waals surface area contributed by atoms with Crippen LogP contribution in [-0.2, 0) is 27.3 Å². The van der Waals surface area contributed by atoms with Crippen LogP contribution < -0.4 is 15.5 Å². The molecule has 1 saturated heterocycles. The average molecular weight is 402 g/mol. The molecule has 0 bridgehead atoms. The predicted molar refractivity (Wildman–Crippen MR) is 109 cm³/mol. The number of nitrogens with one attached hydrogen (secondary N) is 2. The van der Waals surface area contributed by atoms with Crippen molar-refractivity contribution in [2.24, 2.45) is 5.92 Å². The highest BCUT2D eigenvalue weighted by atomic mass is 16.5. The number of fused-ring (bicyclic) bond motifs is 2. The molecule has 3 heterocycles. The van der Waals surface area contributed by atoms with E-state index in [1.54, 1.807) is 0 Å². The van der Waals surface area contributed by atoms with Gasteiger partial charge in [0, 0.05) is 25.6 Å². The number of carbonyl (C=O) groups is 1. The molecule has 3 atom stereocenters. The van der Waals surface area contributed by atoms with E-state index in [4.69, 9.17) is 14.2 Å². The molecule has 0 spiro atoms. The van der Waals surface area contributed by atoms with Crippen LogP contribution in [0.5, 0.6) is 5.75 Å². The molecule has 1 aromatic carbocycles. The van der Waals surface area contributed by atoms with Crippen LogP contribution in [0.3, 0.4) is 0 Å². The van der Waals surface area contributed by atoms with Gasteiger partial charge in [-0.15, -0.1) is 0 Å². The SMILES string of the molecule is CCOCc1ccc2c(c1)CC(NC(=O)C1C=C3OC(C(C)C)CCN3N1)CO2. The quantitative estimate of drug-likeness (QED) is 0.761. The van der Waals surface area contributed by atoms with Gasteiger partial charge < -0.3 is 19.5 Å². The van der Waals surface area contributed by atoms with Crippen molar-refractivity contribution in [3.05, 3.63) is 41.3 Å². The molecule has 4 rings (SSSR count). The third kappa shape index (κ3) is 4.51. The molecule has 1 fully saturated rings. The van der Waals surface area contributed by atoms with Crippen molar-refractivity contribution < 1.29 is 19.0 Å². The van der Waals surface area contributed by atoms with E-state index >= 15 is 0 Å². The standard InChI is InChI=1S/C22H31N3O4/c1-4-27-12-15-5-6-20-16(9-15)10-17(13-28-20)23-22(26)18-11-21-25(24-18)8-7-19(29-21)14(2)3/h5-6,9,11,14,17-19,24H,4,7-8,10,12-13H2,1-3H3,(H,23,26). The lowest BCUT2D eigenvalue weighted by atomic mass is 10.00. The number of amides is 1. The number of rotatable bonds is 6. The molecule has 0 radical (unpaired) electrons. The molecule has 3 unspecified atom stereocenters. The van der Waals surface area contributed by atoms with E-state index < -0.39 is 6.04 Å². The molecule has 7 nitrogen and oxygen atoms in total. The number of nitrogens with zero attached hydrogens (tertiary/aromatic N) is 1. The predicted octanol–water partition coefficient (Wildman–Crippen LogP) is 2.12. The molecule has 1 aromatic rings.